The fourth-order valence-electron chi connectivity index (χ4n) is 2.90. The van der Waals surface area contributed by atoms with E-state index in [1.54, 1.807) is 6.33 Å². The number of halogens is 4. The van der Waals surface area contributed by atoms with Crippen LogP contribution in [0.15, 0.2) is 54.9 Å². The number of nitrogens with one attached hydrogen (secondary N) is 1. The molecule has 10 heteroatoms. The smallest absolute Gasteiger partial charge is 0.387 e. The number of amides is 1. The van der Waals surface area contributed by atoms with Crippen molar-refractivity contribution in [2.24, 2.45) is 0 Å². The quantitative estimate of drug-likeness (QED) is 0.289. The second-order valence-corrected chi connectivity index (χ2v) is 6.36. The van der Waals surface area contributed by atoms with E-state index < -0.39 is 19.1 Å². The molecule has 0 bridgehead atoms. The Bertz CT molecular complexity index is 1050. The van der Waals surface area contributed by atoms with Crippen molar-refractivity contribution in [3.8, 4) is 11.5 Å². The number of nitrogens with zero attached hydrogens (tertiary/aromatic N) is 2. The number of aryl methyl sites for hydroxylation is 1. The Labute approximate surface area is 175 Å². The molecule has 6 nitrogen and oxygen atoms in total. The van der Waals surface area contributed by atoms with Gasteiger partial charge in [-0.2, -0.15) is 17.6 Å². The van der Waals surface area contributed by atoms with Crippen LogP contribution in [0, 0.1) is 0 Å². The van der Waals surface area contributed by atoms with Crippen LogP contribution in [0.5, 0.6) is 11.5 Å². The van der Waals surface area contributed by atoms with Crippen LogP contribution in [-0.4, -0.2) is 35.2 Å². The normalized spacial score (nSPS) is 11.5. The van der Waals surface area contributed by atoms with Gasteiger partial charge < -0.3 is 19.4 Å². The van der Waals surface area contributed by atoms with E-state index >= 15 is 0 Å². The predicted octanol–water partition coefficient (Wildman–Crippen LogP) is 4.46. The molecule has 1 heterocycles. The molecule has 1 aromatic heterocycles. The van der Waals surface area contributed by atoms with E-state index in [1.165, 1.54) is 12.1 Å². The first kappa shape index (κ1) is 22.1. The molecular weight excluding hydrogens is 418 g/mol. The maximum absolute atomic E-state index is 12.6. The summed E-state index contributed by atoms with van der Waals surface area (Å²) in [6.45, 7) is -5.23. The average Bonchev–Trinajstić information content (AvgIpc) is 3.13. The number of carbonyl (C=O) groups is 1. The van der Waals surface area contributed by atoms with E-state index in [0.717, 1.165) is 29.2 Å². The number of carbonyl (C=O) groups excluding carboxylic acids is 1. The average molecular weight is 437 g/mol. The summed E-state index contributed by atoms with van der Waals surface area (Å²) in [4.78, 5) is 16.3. The fourth-order valence-corrected chi connectivity index (χ4v) is 2.90. The molecule has 0 unspecified atom stereocenters. The molecule has 0 atom stereocenters. The van der Waals surface area contributed by atoms with Crippen LogP contribution < -0.4 is 14.8 Å². The third-order valence-corrected chi connectivity index (χ3v) is 4.24. The van der Waals surface area contributed by atoms with Crippen LogP contribution in [0.1, 0.15) is 12.0 Å². The number of benzene rings is 2. The highest BCUT2D eigenvalue weighted by Crippen LogP contribution is 2.28. The van der Waals surface area contributed by atoms with Crippen molar-refractivity contribution in [3.05, 3.63) is 60.4 Å². The largest absolute Gasteiger partial charge is 0.435 e. The number of alkyl halides is 4. The number of aromatic nitrogens is 2. The highest BCUT2D eigenvalue weighted by Gasteiger charge is 2.12. The van der Waals surface area contributed by atoms with Gasteiger partial charge in [-0.05, 0) is 36.8 Å². The molecule has 0 fully saturated rings. The summed E-state index contributed by atoms with van der Waals surface area (Å²) in [5.74, 6) is -1.16. The number of ether oxygens (including phenoxy) is 2. The Morgan fingerprint density at radius 2 is 1.87 bits per heavy atom. The summed E-state index contributed by atoms with van der Waals surface area (Å²) in [6, 6.07) is 11.0. The Morgan fingerprint density at radius 3 is 2.65 bits per heavy atom. The number of hydrogen-bond donors (Lipinski definition) is 1. The first-order valence-electron chi connectivity index (χ1n) is 9.32. The van der Waals surface area contributed by atoms with Gasteiger partial charge in [-0.25, -0.2) is 4.98 Å². The molecule has 31 heavy (non-hydrogen) atoms. The molecule has 0 spiro atoms. The topological polar surface area (TPSA) is 65.4 Å². The van der Waals surface area contributed by atoms with Gasteiger partial charge in [0.25, 0.3) is 0 Å². The lowest BCUT2D eigenvalue weighted by Crippen LogP contribution is -2.23. The van der Waals surface area contributed by atoms with Gasteiger partial charge in [0, 0.05) is 30.8 Å². The lowest BCUT2D eigenvalue weighted by Gasteiger charge is -2.11. The van der Waals surface area contributed by atoms with Crippen molar-refractivity contribution >= 4 is 23.0 Å². The zero-order chi connectivity index (χ0) is 22.2. The molecule has 0 saturated heterocycles. The molecule has 0 aliphatic heterocycles. The molecule has 1 N–H and O–H groups in total. The third kappa shape index (κ3) is 6.46. The van der Waals surface area contributed by atoms with E-state index in [4.69, 9.17) is 0 Å². The zero-order valence-corrected chi connectivity index (χ0v) is 16.2. The van der Waals surface area contributed by atoms with Gasteiger partial charge in [0.05, 0.1) is 17.4 Å². The Kier molecular flexibility index (Phi) is 7.47. The third-order valence-electron chi connectivity index (χ3n) is 4.24. The number of para-hydroxylation sites is 2. The number of rotatable bonds is 10. The molecule has 164 valence electrons. The summed E-state index contributed by atoms with van der Waals surface area (Å²) < 4.78 is 60.3. The summed E-state index contributed by atoms with van der Waals surface area (Å²) >= 11 is 0. The first-order valence-corrected chi connectivity index (χ1v) is 9.32. The van der Waals surface area contributed by atoms with Crippen molar-refractivity contribution in [2.75, 3.05) is 6.54 Å². The van der Waals surface area contributed by atoms with Crippen molar-refractivity contribution in [2.45, 2.75) is 26.2 Å². The second-order valence-electron chi connectivity index (χ2n) is 6.36. The predicted molar refractivity (Wildman–Crippen MR) is 106 cm³/mol. The summed E-state index contributed by atoms with van der Waals surface area (Å²) in [7, 11) is 0. The summed E-state index contributed by atoms with van der Waals surface area (Å²) in [5, 5.41) is 2.69. The van der Waals surface area contributed by atoms with Crippen LogP contribution in [0.2, 0.25) is 0 Å². The molecule has 3 aromatic rings. The van der Waals surface area contributed by atoms with Gasteiger partial charge in [0.15, 0.2) is 0 Å². The zero-order valence-electron chi connectivity index (χ0n) is 16.2. The van der Waals surface area contributed by atoms with Gasteiger partial charge in [0.1, 0.15) is 11.5 Å². The maximum Gasteiger partial charge on any atom is 0.387 e. The highest BCUT2D eigenvalue weighted by molar-refractivity contribution is 5.92. The lowest BCUT2D eigenvalue weighted by atomic mass is 10.1. The highest BCUT2D eigenvalue weighted by atomic mass is 19.3. The lowest BCUT2D eigenvalue weighted by molar-refractivity contribution is -0.116. The van der Waals surface area contributed by atoms with E-state index in [9.17, 15) is 22.4 Å². The molecule has 0 aliphatic rings. The van der Waals surface area contributed by atoms with E-state index in [1.807, 2.05) is 28.8 Å². The molecule has 0 aliphatic carbocycles. The maximum atomic E-state index is 12.6. The minimum absolute atomic E-state index is 0.113. The van der Waals surface area contributed by atoms with Crippen LogP contribution in [-0.2, 0) is 11.3 Å². The van der Waals surface area contributed by atoms with Gasteiger partial charge >= 0.3 is 13.2 Å². The minimum Gasteiger partial charge on any atom is -0.435 e. The Hall–Kier alpha value is -3.56. The molecule has 2 aromatic carbocycles. The molecule has 0 radical (unpaired) electrons. The SMILES string of the molecule is O=C(/C=C/c1ccc(OC(F)F)cc1OC(F)F)NCCCn1cnc2ccccc21. The second kappa shape index (κ2) is 10.5. The van der Waals surface area contributed by atoms with Crippen molar-refractivity contribution in [1.82, 2.24) is 14.9 Å². The molecule has 3 rings (SSSR count). The standard InChI is InChI=1S/C21H19F4N3O3/c22-20(23)30-15-8-6-14(18(12-15)31-21(24)25)7-9-19(29)26-10-3-11-28-13-27-16-4-1-2-5-17(16)28/h1-2,4-9,12-13,20-21H,3,10-11H2,(H,26,29)/b9-7+. The van der Waals surface area contributed by atoms with Gasteiger partial charge in [-0.3, -0.25) is 4.79 Å². The minimum atomic E-state index is -3.16. The molecule has 0 saturated carbocycles. The van der Waals surface area contributed by atoms with E-state index in [2.05, 4.69) is 19.8 Å². The van der Waals surface area contributed by atoms with Crippen LogP contribution >= 0.6 is 0 Å². The van der Waals surface area contributed by atoms with Crippen LogP contribution in [0.4, 0.5) is 17.6 Å². The van der Waals surface area contributed by atoms with Crippen molar-refractivity contribution in [1.29, 1.82) is 0 Å². The summed E-state index contributed by atoms with van der Waals surface area (Å²) in [6.07, 6.45) is 4.79. The van der Waals surface area contributed by atoms with Crippen molar-refractivity contribution in [3.63, 3.8) is 0 Å². The number of imidazole rings is 1. The van der Waals surface area contributed by atoms with Gasteiger partial charge in [-0.1, -0.05) is 12.1 Å². The molecule has 1 amide bonds. The van der Waals surface area contributed by atoms with E-state index in [0.29, 0.717) is 19.5 Å². The fraction of sp³-hybridized carbons (Fsp3) is 0.238. The monoisotopic (exact) mass is 437 g/mol. The number of fused-ring (bicyclic) bond motifs is 1. The van der Waals surface area contributed by atoms with Crippen molar-refractivity contribution < 1.29 is 31.8 Å². The summed E-state index contributed by atoms with van der Waals surface area (Å²) in [5.41, 5.74) is 2.00. The Morgan fingerprint density at radius 1 is 1.10 bits per heavy atom. The molecular formula is C21H19F4N3O3. The van der Waals surface area contributed by atoms with Gasteiger partial charge in [0.2, 0.25) is 5.91 Å². The first-order chi connectivity index (χ1) is 14.9. The van der Waals surface area contributed by atoms with Crippen LogP contribution in [0.25, 0.3) is 17.1 Å². The number of hydrogen-bond acceptors (Lipinski definition) is 4. The van der Waals surface area contributed by atoms with Crippen LogP contribution in [0.3, 0.4) is 0 Å². The Balaban J connectivity index is 1.54. The van der Waals surface area contributed by atoms with Gasteiger partial charge in [-0.15, -0.1) is 0 Å². The van der Waals surface area contributed by atoms with E-state index in [-0.39, 0.29) is 17.1 Å².